The van der Waals surface area contributed by atoms with Crippen LogP contribution < -0.4 is 15.4 Å². The zero-order valence-corrected chi connectivity index (χ0v) is 17.5. The van der Waals surface area contributed by atoms with Crippen LogP contribution in [0.25, 0.3) is 0 Å². The predicted molar refractivity (Wildman–Crippen MR) is 112 cm³/mol. The van der Waals surface area contributed by atoms with Crippen LogP contribution in [0.2, 0.25) is 0 Å². The summed E-state index contributed by atoms with van der Waals surface area (Å²) < 4.78 is 15.7. The fourth-order valence-corrected chi connectivity index (χ4v) is 6.03. The van der Waals surface area contributed by atoms with Gasteiger partial charge in [-0.1, -0.05) is 24.6 Å². The Kier molecular flexibility index (Phi) is 6.34. The summed E-state index contributed by atoms with van der Waals surface area (Å²) >= 11 is 3.26. The summed E-state index contributed by atoms with van der Waals surface area (Å²) in [6, 6.07) is 6.99. The lowest BCUT2D eigenvalue weighted by molar-refractivity contribution is -0.118. The van der Waals surface area contributed by atoms with Crippen LogP contribution in [0.4, 0.5) is 9.18 Å². The lowest BCUT2D eigenvalue weighted by Crippen LogP contribution is -2.36. The molecule has 0 saturated carbocycles. The molecule has 2 aliphatic heterocycles. The molecule has 2 N–H and O–H groups in total. The van der Waals surface area contributed by atoms with Gasteiger partial charge in [-0.05, 0) is 18.9 Å². The van der Waals surface area contributed by atoms with Crippen molar-refractivity contribution >= 4 is 35.0 Å². The number of carbonyl (C=O) groups excluding carboxylic acids is 2. The Balaban J connectivity index is 1.27. The number of carbonyl (C=O) groups is 2. The van der Waals surface area contributed by atoms with E-state index in [0.29, 0.717) is 28.6 Å². The normalized spacial score (nSPS) is 23.7. The molecule has 0 bridgehead atoms. The second-order valence-corrected chi connectivity index (χ2v) is 9.42. The standard InChI is InChI=1S/C20H23FN4O2S2/c21-14-6-2-1-5-13(14)11-25-9-10-28-20(25)23-17(26)8-4-3-7-16-18-15(12-29-16)22-19(27)24-18/h1-2,5-6,9-10,15-16,18H,3-4,7-8,11-12H2,(H2,22,24,27)/t15-,16-,18-/m0/s1. The highest BCUT2D eigenvalue weighted by Crippen LogP contribution is 2.33. The Morgan fingerprint density at radius 3 is 3.00 bits per heavy atom. The van der Waals surface area contributed by atoms with Gasteiger partial charge in [-0.2, -0.15) is 16.8 Å². The van der Waals surface area contributed by atoms with Crippen LogP contribution in [0.15, 0.2) is 40.8 Å². The molecule has 29 heavy (non-hydrogen) atoms. The summed E-state index contributed by atoms with van der Waals surface area (Å²) in [6.45, 7) is 0.351. The highest BCUT2D eigenvalue weighted by Gasteiger charge is 2.42. The maximum Gasteiger partial charge on any atom is 0.315 e. The molecule has 2 aliphatic rings. The molecular weight excluding hydrogens is 411 g/mol. The van der Waals surface area contributed by atoms with Crippen molar-refractivity contribution in [3.63, 3.8) is 0 Å². The Bertz CT molecular complexity index is 958. The highest BCUT2D eigenvalue weighted by molar-refractivity contribution is 8.00. The van der Waals surface area contributed by atoms with E-state index < -0.39 is 0 Å². The summed E-state index contributed by atoms with van der Waals surface area (Å²) in [5.41, 5.74) is 0.570. The first-order valence-electron chi connectivity index (χ1n) is 9.73. The van der Waals surface area contributed by atoms with Gasteiger partial charge in [-0.15, -0.1) is 11.3 Å². The van der Waals surface area contributed by atoms with Gasteiger partial charge in [0, 0.05) is 34.6 Å². The van der Waals surface area contributed by atoms with E-state index in [9.17, 15) is 14.0 Å². The Labute approximate surface area is 176 Å². The molecule has 1 aromatic carbocycles. The third kappa shape index (κ3) is 4.90. The van der Waals surface area contributed by atoms with Crippen LogP contribution in [-0.2, 0) is 11.3 Å². The van der Waals surface area contributed by atoms with E-state index in [0.717, 1.165) is 25.0 Å². The fourth-order valence-electron chi connectivity index (χ4n) is 3.74. The first-order valence-corrected chi connectivity index (χ1v) is 11.7. The summed E-state index contributed by atoms with van der Waals surface area (Å²) in [7, 11) is 0. The van der Waals surface area contributed by atoms with E-state index in [2.05, 4.69) is 15.6 Å². The van der Waals surface area contributed by atoms with Gasteiger partial charge in [0.15, 0.2) is 4.80 Å². The van der Waals surface area contributed by atoms with E-state index in [1.54, 1.807) is 22.8 Å². The van der Waals surface area contributed by atoms with Gasteiger partial charge in [-0.25, -0.2) is 9.18 Å². The molecule has 2 fully saturated rings. The average Bonchev–Trinajstić information content (AvgIpc) is 3.38. The number of thioether (sulfide) groups is 1. The van der Waals surface area contributed by atoms with Crippen molar-refractivity contribution in [3.8, 4) is 0 Å². The second kappa shape index (κ2) is 9.13. The molecule has 154 valence electrons. The van der Waals surface area contributed by atoms with Gasteiger partial charge in [0.2, 0.25) is 5.91 Å². The summed E-state index contributed by atoms with van der Waals surface area (Å²) in [6.07, 6.45) is 4.90. The van der Waals surface area contributed by atoms with E-state index in [1.807, 2.05) is 23.3 Å². The Morgan fingerprint density at radius 1 is 1.28 bits per heavy atom. The molecule has 3 amide bonds. The third-order valence-electron chi connectivity index (χ3n) is 5.25. The van der Waals surface area contributed by atoms with Gasteiger partial charge in [-0.3, -0.25) is 4.79 Å². The number of nitrogens with zero attached hydrogens (tertiary/aromatic N) is 2. The van der Waals surface area contributed by atoms with E-state index >= 15 is 0 Å². The molecule has 2 saturated heterocycles. The van der Waals surface area contributed by atoms with Crippen LogP contribution >= 0.6 is 23.1 Å². The lowest BCUT2D eigenvalue weighted by atomic mass is 10.0. The van der Waals surface area contributed by atoms with Gasteiger partial charge in [0.1, 0.15) is 5.82 Å². The quantitative estimate of drug-likeness (QED) is 0.520. The molecule has 0 radical (unpaired) electrons. The summed E-state index contributed by atoms with van der Waals surface area (Å²) in [5.74, 6) is 0.537. The number of rotatable bonds is 7. The number of unbranched alkanes of at least 4 members (excludes halogenated alkanes) is 1. The second-order valence-electron chi connectivity index (χ2n) is 7.28. The first-order chi connectivity index (χ1) is 14.1. The van der Waals surface area contributed by atoms with Crippen molar-refractivity contribution in [1.82, 2.24) is 15.2 Å². The molecule has 9 heteroatoms. The molecule has 3 atom stereocenters. The van der Waals surface area contributed by atoms with Crippen LogP contribution in [0, 0.1) is 5.82 Å². The van der Waals surface area contributed by atoms with E-state index in [4.69, 9.17) is 0 Å². The molecule has 3 heterocycles. The van der Waals surface area contributed by atoms with E-state index in [1.165, 1.54) is 17.4 Å². The molecule has 6 nitrogen and oxygen atoms in total. The topological polar surface area (TPSA) is 75.5 Å². The largest absolute Gasteiger partial charge is 0.332 e. The molecule has 0 aliphatic carbocycles. The van der Waals surface area contributed by atoms with Crippen molar-refractivity contribution in [2.45, 2.75) is 49.6 Å². The molecule has 0 unspecified atom stereocenters. The maximum atomic E-state index is 13.9. The van der Waals surface area contributed by atoms with Gasteiger partial charge >= 0.3 is 6.03 Å². The molecule has 1 aromatic heterocycles. The van der Waals surface area contributed by atoms with Crippen molar-refractivity contribution in [2.75, 3.05) is 5.75 Å². The monoisotopic (exact) mass is 434 g/mol. The number of aromatic nitrogens is 1. The minimum absolute atomic E-state index is 0.0705. The average molecular weight is 435 g/mol. The van der Waals surface area contributed by atoms with Crippen LogP contribution in [0.1, 0.15) is 31.2 Å². The zero-order valence-electron chi connectivity index (χ0n) is 15.8. The van der Waals surface area contributed by atoms with Crippen molar-refractivity contribution in [2.24, 2.45) is 4.99 Å². The molecule has 4 rings (SSSR count). The Morgan fingerprint density at radius 2 is 2.14 bits per heavy atom. The summed E-state index contributed by atoms with van der Waals surface area (Å²) in [5, 5.41) is 8.19. The van der Waals surface area contributed by atoms with Crippen molar-refractivity contribution in [3.05, 3.63) is 52.0 Å². The van der Waals surface area contributed by atoms with Crippen LogP contribution in [0.5, 0.6) is 0 Å². The first kappa shape index (κ1) is 20.2. The SMILES string of the molecule is O=C(CCCC[C@@H]1SC[C@@H]2NC(=O)N[C@@H]21)N=c1sccn1Cc1ccccc1F. The van der Waals surface area contributed by atoms with Gasteiger partial charge < -0.3 is 15.2 Å². The number of hydrogen-bond acceptors (Lipinski definition) is 4. The van der Waals surface area contributed by atoms with E-state index in [-0.39, 0.29) is 29.8 Å². The minimum atomic E-state index is -0.260. The van der Waals surface area contributed by atoms with Crippen LogP contribution in [0.3, 0.4) is 0 Å². The van der Waals surface area contributed by atoms with Crippen molar-refractivity contribution < 1.29 is 14.0 Å². The minimum Gasteiger partial charge on any atom is -0.332 e. The van der Waals surface area contributed by atoms with Crippen molar-refractivity contribution in [1.29, 1.82) is 0 Å². The fraction of sp³-hybridized carbons (Fsp3) is 0.450. The number of fused-ring (bicyclic) bond motifs is 1. The number of nitrogens with one attached hydrogen (secondary N) is 2. The highest BCUT2D eigenvalue weighted by atomic mass is 32.2. The maximum absolute atomic E-state index is 13.9. The number of benzene rings is 1. The van der Waals surface area contributed by atoms with Gasteiger partial charge in [0.25, 0.3) is 0 Å². The Hall–Kier alpha value is -2.13. The number of amides is 3. The molecule has 2 aromatic rings. The number of thiazole rings is 1. The lowest BCUT2D eigenvalue weighted by Gasteiger charge is -2.16. The predicted octanol–water partition coefficient (Wildman–Crippen LogP) is 2.89. The molecular formula is C20H23FN4O2S2. The smallest absolute Gasteiger partial charge is 0.315 e. The number of halogens is 1. The molecule has 0 spiro atoms. The third-order valence-corrected chi connectivity index (χ3v) is 7.55. The number of urea groups is 1. The zero-order chi connectivity index (χ0) is 20.2. The van der Waals surface area contributed by atoms with Gasteiger partial charge in [0.05, 0.1) is 18.6 Å². The van der Waals surface area contributed by atoms with Crippen LogP contribution in [-0.4, -0.2) is 39.6 Å². The number of hydrogen-bond donors (Lipinski definition) is 2. The summed E-state index contributed by atoms with van der Waals surface area (Å²) in [4.78, 5) is 28.5.